The third-order valence-corrected chi connectivity index (χ3v) is 6.63. The predicted octanol–water partition coefficient (Wildman–Crippen LogP) is 4.96. The van der Waals surface area contributed by atoms with Gasteiger partial charge >= 0.3 is 0 Å². The number of halogens is 1. The summed E-state index contributed by atoms with van der Waals surface area (Å²) in [5.41, 5.74) is 2.08. The molecule has 0 saturated carbocycles. The van der Waals surface area contributed by atoms with Gasteiger partial charge in [-0.3, -0.25) is 14.9 Å². The Morgan fingerprint density at radius 2 is 1.67 bits per heavy atom. The minimum atomic E-state index is -0.865. The number of amides is 2. The van der Waals surface area contributed by atoms with Crippen LogP contribution in [0.5, 0.6) is 11.5 Å². The summed E-state index contributed by atoms with van der Waals surface area (Å²) in [6.45, 7) is 0. The molecule has 0 saturated heterocycles. The van der Waals surface area contributed by atoms with Crippen LogP contribution in [-0.2, 0) is 11.2 Å². The van der Waals surface area contributed by atoms with E-state index in [1.807, 2.05) is 54.6 Å². The highest BCUT2D eigenvalue weighted by Gasteiger charge is 2.24. The van der Waals surface area contributed by atoms with E-state index in [1.54, 1.807) is 18.2 Å². The van der Waals surface area contributed by atoms with E-state index in [0.717, 1.165) is 15.6 Å². The molecule has 0 aliphatic heterocycles. The molecule has 1 heterocycles. The molecule has 4 aromatic rings. The summed E-state index contributed by atoms with van der Waals surface area (Å²) in [6, 6.07) is 21.1. The Kier molecular flexibility index (Phi) is 8.29. The van der Waals surface area contributed by atoms with Gasteiger partial charge in [0.1, 0.15) is 22.5 Å². The molecule has 2 N–H and O–H groups in total. The normalized spacial score (nSPS) is 11.4. The van der Waals surface area contributed by atoms with Crippen LogP contribution in [0.15, 0.2) is 77.3 Å². The predicted molar refractivity (Wildman–Crippen MR) is 143 cm³/mol. The van der Waals surface area contributed by atoms with Gasteiger partial charge in [-0.25, -0.2) is 0 Å². The van der Waals surface area contributed by atoms with Crippen molar-refractivity contribution in [3.63, 3.8) is 0 Å². The number of carbonyl (C=O) groups excluding carboxylic acids is 2. The van der Waals surface area contributed by atoms with Crippen molar-refractivity contribution in [2.24, 2.45) is 0 Å². The van der Waals surface area contributed by atoms with Gasteiger partial charge < -0.3 is 14.8 Å². The third kappa shape index (κ3) is 6.46. The number of hydrogen-bond acceptors (Lipinski definition) is 7. The van der Waals surface area contributed by atoms with Gasteiger partial charge in [-0.2, -0.15) is 0 Å². The Bertz CT molecular complexity index is 1340. The number of nitrogens with one attached hydrogen (secondary N) is 2. The molecular weight excluding hydrogens is 544 g/mol. The molecule has 184 valence electrons. The van der Waals surface area contributed by atoms with Crippen LogP contribution in [0.2, 0.25) is 0 Å². The lowest BCUT2D eigenvalue weighted by Gasteiger charge is -2.18. The maximum atomic E-state index is 13.3. The maximum absolute atomic E-state index is 13.3. The van der Waals surface area contributed by atoms with E-state index in [4.69, 9.17) is 9.47 Å². The van der Waals surface area contributed by atoms with E-state index in [2.05, 4.69) is 36.8 Å². The number of benzene rings is 3. The van der Waals surface area contributed by atoms with Crippen molar-refractivity contribution in [2.75, 3.05) is 19.5 Å². The lowest BCUT2D eigenvalue weighted by atomic mass is 10.0. The van der Waals surface area contributed by atoms with Gasteiger partial charge in [0.25, 0.3) is 5.91 Å². The van der Waals surface area contributed by atoms with Gasteiger partial charge in [0.05, 0.1) is 14.2 Å². The first-order chi connectivity index (χ1) is 17.4. The zero-order valence-corrected chi connectivity index (χ0v) is 21.9. The van der Waals surface area contributed by atoms with E-state index >= 15 is 0 Å². The first-order valence-corrected chi connectivity index (χ1v) is 12.5. The van der Waals surface area contributed by atoms with E-state index < -0.39 is 17.9 Å². The molecule has 10 heteroatoms. The molecule has 0 aliphatic carbocycles. The first kappa shape index (κ1) is 25.3. The maximum Gasteiger partial charge on any atom is 0.252 e. The molecule has 0 bridgehead atoms. The van der Waals surface area contributed by atoms with Gasteiger partial charge in [0.2, 0.25) is 11.0 Å². The van der Waals surface area contributed by atoms with Crippen LogP contribution in [-0.4, -0.2) is 42.3 Å². The monoisotopic (exact) mass is 566 g/mol. The molecule has 1 atom stereocenters. The van der Waals surface area contributed by atoms with Gasteiger partial charge in [0.15, 0.2) is 0 Å². The van der Waals surface area contributed by atoms with Crippen LogP contribution in [0.3, 0.4) is 0 Å². The lowest BCUT2D eigenvalue weighted by molar-refractivity contribution is -0.118. The molecule has 0 fully saturated rings. The van der Waals surface area contributed by atoms with Crippen molar-refractivity contribution in [1.82, 2.24) is 15.5 Å². The second-order valence-corrected chi connectivity index (χ2v) is 9.62. The van der Waals surface area contributed by atoms with Crippen molar-refractivity contribution < 1.29 is 19.1 Å². The zero-order chi connectivity index (χ0) is 25.5. The fraction of sp³-hybridized carbons (Fsp3) is 0.154. The number of rotatable bonds is 9. The second kappa shape index (κ2) is 11.8. The lowest BCUT2D eigenvalue weighted by Crippen LogP contribution is -2.45. The summed E-state index contributed by atoms with van der Waals surface area (Å²) in [7, 11) is 3.01. The quantitative estimate of drug-likeness (QED) is 0.296. The largest absolute Gasteiger partial charge is 0.497 e. The van der Waals surface area contributed by atoms with Gasteiger partial charge in [-0.1, -0.05) is 69.7 Å². The number of carbonyl (C=O) groups is 2. The van der Waals surface area contributed by atoms with Crippen LogP contribution >= 0.6 is 27.3 Å². The van der Waals surface area contributed by atoms with E-state index in [-0.39, 0.29) is 6.42 Å². The van der Waals surface area contributed by atoms with Crippen LogP contribution in [0.1, 0.15) is 15.9 Å². The number of anilines is 1. The summed E-state index contributed by atoms with van der Waals surface area (Å²) in [5.74, 6) is 0.101. The third-order valence-electron chi connectivity index (χ3n) is 5.24. The molecule has 36 heavy (non-hydrogen) atoms. The number of nitrogens with zero attached hydrogens (tertiary/aromatic N) is 2. The highest BCUT2D eigenvalue weighted by molar-refractivity contribution is 9.10. The van der Waals surface area contributed by atoms with Crippen LogP contribution in [0.25, 0.3) is 10.6 Å². The number of methoxy groups -OCH3 is 2. The summed E-state index contributed by atoms with van der Waals surface area (Å²) in [4.78, 5) is 26.4. The number of hydrogen-bond donors (Lipinski definition) is 2. The van der Waals surface area contributed by atoms with Gasteiger partial charge in [0, 0.05) is 28.1 Å². The molecule has 4 rings (SSSR count). The molecule has 0 spiro atoms. The Morgan fingerprint density at radius 1 is 0.944 bits per heavy atom. The fourth-order valence-corrected chi connectivity index (χ4v) is 4.59. The van der Waals surface area contributed by atoms with Crippen LogP contribution < -0.4 is 20.1 Å². The Hall–Kier alpha value is -3.76. The minimum Gasteiger partial charge on any atom is -0.497 e. The van der Waals surface area contributed by atoms with Crippen LogP contribution in [0, 0.1) is 0 Å². The molecular formula is C26H23BrN4O4S. The van der Waals surface area contributed by atoms with Crippen molar-refractivity contribution in [1.29, 1.82) is 0 Å². The Morgan fingerprint density at radius 3 is 2.33 bits per heavy atom. The topological polar surface area (TPSA) is 102 Å². The van der Waals surface area contributed by atoms with E-state index in [0.29, 0.717) is 27.2 Å². The first-order valence-electron chi connectivity index (χ1n) is 10.9. The molecule has 0 aliphatic rings. The van der Waals surface area contributed by atoms with Crippen LogP contribution in [0.4, 0.5) is 5.13 Å². The zero-order valence-electron chi connectivity index (χ0n) is 19.5. The SMILES string of the molecule is COc1cc(OC)cc(C(=O)NC(Cc2ccccc2)C(=O)Nc2nnc(-c3cccc(Br)c3)s2)c1. The standard InChI is InChI=1S/C26H23BrN4O4S/c1-34-20-13-18(14-21(15-20)35-2)23(32)28-22(11-16-7-4-3-5-8-16)24(33)29-26-31-30-25(36-26)17-9-6-10-19(27)12-17/h3-10,12-15,22H,11H2,1-2H3,(H,28,32)(H,29,31,33). The van der Waals surface area contributed by atoms with Crippen molar-refractivity contribution >= 4 is 44.2 Å². The minimum absolute atomic E-state index is 0.289. The summed E-state index contributed by atoms with van der Waals surface area (Å²) >= 11 is 4.70. The van der Waals surface area contributed by atoms with Gasteiger partial charge in [-0.15, -0.1) is 10.2 Å². The summed E-state index contributed by atoms with van der Waals surface area (Å²) in [5, 5.41) is 14.9. The number of ether oxygens (including phenoxy) is 2. The Balaban J connectivity index is 1.54. The molecule has 2 amide bonds. The number of aromatic nitrogens is 2. The molecule has 1 aromatic heterocycles. The molecule has 3 aromatic carbocycles. The Labute approximate surface area is 220 Å². The smallest absolute Gasteiger partial charge is 0.252 e. The average Bonchev–Trinajstić information content (AvgIpc) is 3.37. The summed E-state index contributed by atoms with van der Waals surface area (Å²) < 4.78 is 11.4. The van der Waals surface area contributed by atoms with Crippen molar-refractivity contribution in [3.05, 3.63) is 88.4 Å². The second-order valence-electron chi connectivity index (χ2n) is 7.73. The fourth-order valence-electron chi connectivity index (χ4n) is 3.44. The highest BCUT2D eigenvalue weighted by atomic mass is 79.9. The van der Waals surface area contributed by atoms with Crippen molar-refractivity contribution in [3.8, 4) is 22.1 Å². The van der Waals surface area contributed by atoms with Gasteiger partial charge in [-0.05, 0) is 29.8 Å². The van der Waals surface area contributed by atoms with E-state index in [9.17, 15) is 9.59 Å². The van der Waals surface area contributed by atoms with E-state index in [1.165, 1.54) is 25.6 Å². The highest BCUT2D eigenvalue weighted by Crippen LogP contribution is 2.28. The average molecular weight is 567 g/mol. The molecule has 8 nitrogen and oxygen atoms in total. The summed E-state index contributed by atoms with van der Waals surface area (Å²) in [6.07, 6.45) is 0.289. The van der Waals surface area contributed by atoms with Crippen molar-refractivity contribution in [2.45, 2.75) is 12.5 Å². The molecule has 0 radical (unpaired) electrons. The molecule has 1 unspecified atom stereocenters.